The summed E-state index contributed by atoms with van der Waals surface area (Å²) in [5, 5.41) is 7.76. The van der Waals surface area contributed by atoms with Crippen LogP contribution in [0.2, 0.25) is 0 Å². The summed E-state index contributed by atoms with van der Waals surface area (Å²) in [6.07, 6.45) is 3.79. The highest BCUT2D eigenvalue weighted by molar-refractivity contribution is 5.68. The van der Waals surface area contributed by atoms with Gasteiger partial charge in [-0.15, -0.1) is 0 Å². The van der Waals surface area contributed by atoms with Crippen molar-refractivity contribution in [3.63, 3.8) is 0 Å². The third-order valence-corrected chi connectivity index (χ3v) is 5.05. The highest BCUT2D eigenvalue weighted by Gasteiger charge is 2.20. The summed E-state index contributed by atoms with van der Waals surface area (Å²) in [5.74, 6) is 0. The molecule has 1 aromatic carbocycles. The van der Waals surface area contributed by atoms with E-state index in [1.165, 1.54) is 16.7 Å². The predicted octanol–water partition coefficient (Wildman–Crippen LogP) is 3.10. The first-order chi connectivity index (χ1) is 12.8. The van der Waals surface area contributed by atoms with Crippen molar-refractivity contribution in [2.45, 2.75) is 20.0 Å². The molecule has 1 fully saturated rings. The number of pyridine rings is 1. The molecule has 5 nitrogen and oxygen atoms in total. The average molecular weight is 347 g/mol. The Hall–Kier alpha value is -2.50. The highest BCUT2D eigenvalue weighted by atomic mass is 15.3. The maximum absolute atomic E-state index is 4.58. The molecule has 3 aromatic rings. The van der Waals surface area contributed by atoms with Gasteiger partial charge in [0.2, 0.25) is 0 Å². The van der Waals surface area contributed by atoms with Gasteiger partial charge in [0.15, 0.2) is 0 Å². The number of aromatic amines is 1. The number of rotatable bonds is 5. The van der Waals surface area contributed by atoms with Crippen LogP contribution in [0.15, 0.2) is 54.9 Å². The summed E-state index contributed by atoms with van der Waals surface area (Å²) >= 11 is 0. The van der Waals surface area contributed by atoms with Crippen molar-refractivity contribution in [2.75, 3.05) is 26.2 Å². The zero-order valence-electron chi connectivity index (χ0n) is 15.2. The second-order valence-corrected chi connectivity index (χ2v) is 6.95. The van der Waals surface area contributed by atoms with Crippen molar-refractivity contribution in [1.82, 2.24) is 25.0 Å². The second kappa shape index (κ2) is 7.81. The van der Waals surface area contributed by atoms with E-state index in [0.29, 0.717) is 0 Å². The molecule has 134 valence electrons. The Morgan fingerprint density at radius 3 is 2.35 bits per heavy atom. The molecular weight excluding hydrogens is 322 g/mol. The standard InChI is InChI=1S/C21H25N5/c1-17-21(19-7-3-2-4-8-19)20(24-23-17)16-26-12-10-25(11-13-26)15-18-6-5-9-22-14-18/h2-9,14H,10-13,15-16H2,1H3,(H,23,24). The maximum Gasteiger partial charge on any atom is 0.0843 e. The molecule has 3 heterocycles. The van der Waals surface area contributed by atoms with E-state index in [0.717, 1.165) is 50.7 Å². The fourth-order valence-electron chi connectivity index (χ4n) is 3.65. The third kappa shape index (κ3) is 3.84. The van der Waals surface area contributed by atoms with E-state index in [-0.39, 0.29) is 0 Å². The van der Waals surface area contributed by atoms with E-state index in [1.54, 1.807) is 0 Å². The molecule has 1 aliphatic rings. The molecule has 1 N–H and O–H groups in total. The van der Waals surface area contributed by atoms with Crippen LogP contribution in [-0.2, 0) is 13.1 Å². The normalized spacial score (nSPS) is 16.0. The summed E-state index contributed by atoms with van der Waals surface area (Å²) in [6, 6.07) is 14.7. The minimum atomic E-state index is 0.898. The third-order valence-electron chi connectivity index (χ3n) is 5.05. The number of H-pyrrole nitrogens is 1. The SMILES string of the molecule is Cc1[nH]nc(CN2CCN(Cc3cccnc3)CC2)c1-c1ccccc1. The van der Waals surface area contributed by atoms with Crippen molar-refractivity contribution in [2.24, 2.45) is 0 Å². The molecule has 2 aromatic heterocycles. The van der Waals surface area contributed by atoms with Gasteiger partial charge in [-0.2, -0.15) is 5.10 Å². The molecule has 0 radical (unpaired) electrons. The summed E-state index contributed by atoms with van der Waals surface area (Å²) in [6.45, 7) is 8.29. The van der Waals surface area contributed by atoms with Crippen LogP contribution in [0.3, 0.4) is 0 Å². The van der Waals surface area contributed by atoms with Crippen LogP contribution in [0.5, 0.6) is 0 Å². The molecule has 1 saturated heterocycles. The van der Waals surface area contributed by atoms with Crippen LogP contribution in [0.25, 0.3) is 11.1 Å². The Morgan fingerprint density at radius 2 is 1.65 bits per heavy atom. The number of nitrogens with one attached hydrogen (secondary N) is 1. The molecule has 0 bridgehead atoms. The van der Waals surface area contributed by atoms with Gasteiger partial charge in [0.25, 0.3) is 0 Å². The Labute approximate surface area is 154 Å². The summed E-state index contributed by atoms with van der Waals surface area (Å²) in [7, 11) is 0. The lowest BCUT2D eigenvalue weighted by Crippen LogP contribution is -2.45. The Balaban J connectivity index is 1.38. The molecule has 5 heteroatoms. The Bertz CT molecular complexity index is 820. The first kappa shape index (κ1) is 16.9. The number of hydrogen-bond acceptors (Lipinski definition) is 4. The molecule has 0 unspecified atom stereocenters. The number of aromatic nitrogens is 3. The zero-order chi connectivity index (χ0) is 17.8. The van der Waals surface area contributed by atoms with Gasteiger partial charge in [-0.25, -0.2) is 0 Å². The van der Waals surface area contributed by atoms with Gasteiger partial charge in [-0.1, -0.05) is 36.4 Å². The molecular formula is C21H25N5. The second-order valence-electron chi connectivity index (χ2n) is 6.95. The fraction of sp³-hybridized carbons (Fsp3) is 0.333. The summed E-state index contributed by atoms with van der Waals surface area (Å²) in [5.41, 5.74) is 6.07. The van der Waals surface area contributed by atoms with Gasteiger partial charge in [0, 0.05) is 62.9 Å². The average Bonchev–Trinajstić information content (AvgIpc) is 3.05. The predicted molar refractivity (Wildman–Crippen MR) is 104 cm³/mol. The monoisotopic (exact) mass is 347 g/mol. The molecule has 0 spiro atoms. The lowest BCUT2D eigenvalue weighted by molar-refractivity contribution is 0.121. The first-order valence-electron chi connectivity index (χ1n) is 9.22. The molecule has 1 aliphatic heterocycles. The summed E-state index contributed by atoms with van der Waals surface area (Å²) < 4.78 is 0. The molecule has 26 heavy (non-hydrogen) atoms. The minimum absolute atomic E-state index is 0.898. The highest BCUT2D eigenvalue weighted by Crippen LogP contribution is 2.26. The van der Waals surface area contributed by atoms with Crippen molar-refractivity contribution in [3.05, 3.63) is 71.8 Å². The van der Waals surface area contributed by atoms with Gasteiger partial charge >= 0.3 is 0 Å². The van der Waals surface area contributed by atoms with Gasteiger partial charge in [0.05, 0.1) is 5.69 Å². The van der Waals surface area contributed by atoms with Crippen LogP contribution in [0.4, 0.5) is 0 Å². The Morgan fingerprint density at radius 1 is 0.923 bits per heavy atom. The van der Waals surface area contributed by atoms with Crippen LogP contribution in [-0.4, -0.2) is 51.2 Å². The quantitative estimate of drug-likeness (QED) is 0.770. The summed E-state index contributed by atoms with van der Waals surface area (Å²) in [4.78, 5) is 9.22. The van der Waals surface area contributed by atoms with E-state index < -0.39 is 0 Å². The molecule has 0 amide bonds. The van der Waals surface area contributed by atoms with E-state index in [1.807, 2.05) is 18.5 Å². The number of piperazine rings is 1. The molecule has 0 atom stereocenters. The topological polar surface area (TPSA) is 48.1 Å². The van der Waals surface area contributed by atoms with Crippen molar-refractivity contribution >= 4 is 0 Å². The van der Waals surface area contributed by atoms with Gasteiger partial charge in [-0.05, 0) is 24.1 Å². The number of benzene rings is 1. The minimum Gasteiger partial charge on any atom is -0.296 e. The lowest BCUT2D eigenvalue weighted by Gasteiger charge is -2.34. The number of aryl methyl sites for hydroxylation is 1. The Kier molecular flexibility index (Phi) is 5.09. The number of hydrogen-bond donors (Lipinski definition) is 1. The number of nitrogens with zero attached hydrogens (tertiary/aromatic N) is 4. The van der Waals surface area contributed by atoms with Gasteiger partial charge in [0.1, 0.15) is 0 Å². The van der Waals surface area contributed by atoms with Crippen molar-refractivity contribution < 1.29 is 0 Å². The molecule has 4 rings (SSSR count). The molecule has 0 aliphatic carbocycles. The fourth-order valence-corrected chi connectivity index (χ4v) is 3.65. The van der Waals surface area contributed by atoms with Gasteiger partial charge in [-0.3, -0.25) is 19.9 Å². The van der Waals surface area contributed by atoms with E-state index >= 15 is 0 Å². The van der Waals surface area contributed by atoms with Crippen LogP contribution >= 0.6 is 0 Å². The van der Waals surface area contributed by atoms with E-state index in [2.05, 4.69) is 68.3 Å². The van der Waals surface area contributed by atoms with E-state index in [4.69, 9.17) is 0 Å². The zero-order valence-corrected chi connectivity index (χ0v) is 15.2. The first-order valence-corrected chi connectivity index (χ1v) is 9.22. The lowest BCUT2D eigenvalue weighted by atomic mass is 10.0. The van der Waals surface area contributed by atoms with Crippen LogP contribution < -0.4 is 0 Å². The largest absolute Gasteiger partial charge is 0.296 e. The molecule has 0 saturated carbocycles. The van der Waals surface area contributed by atoms with Crippen LogP contribution in [0.1, 0.15) is 17.0 Å². The van der Waals surface area contributed by atoms with Crippen LogP contribution in [0, 0.1) is 6.92 Å². The smallest absolute Gasteiger partial charge is 0.0843 e. The van der Waals surface area contributed by atoms with Crippen molar-refractivity contribution in [3.8, 4) is 11.1 Å². The van der Waals surface area contributed by atoms with E-state index in [9.17, 15) is 0 Å². The maximum atomic E-state index is 4.58. The van der Waals surface area contributed by atoms with Gasteiger partial charge < -0.3 is 0 Å². The van der Waals surface area contributed by atoms with Crippen molar-refractivity contribution in [1.29, 1.82) is 0 Å².